The lowest BCUT2D eigenvalue weighted by Gasteiger charge is -2.02. The van der Waals surface area contributed by atoms with Gasteiger partial charge in [-0.1, -0.05) is 27.2 Å². The minimum absolute atomic E-state index is 0.0271. The van der Waals surface area contributed by atoms with Gasteiger partial charge in [0.1, 0.15) is 0 Å². The average molecular weight is 268 g/mol. The van der Waals surface area contributed by atoms with Gasteiger partial charge >= 0.3 is 0 Å². The molecule has 1 aromatic rings. The molecule has 0 aliphatic rings. The molecule has 1 rings (SSSR count). The molecule has 100 valence electrons. The molecular formula is C13H20N2O2S. The first-order valence-corrected chi connectivity index (χ1v) is 7.00. The fourth-order valence-corrected chi connectivity index (χ4v) is 2.47. The molecule has 0 spiro atoms. The van der Waals surface area contributed by atoms with E-state index in [0.717, 1.165) is 12.8 Å². The lowest BCUT2D eigenvalue weighted by molar-refractivity contribution is 0.0943. The summed E-state index contributed by atoms with van der Waals surface area (Å²) in [4.78, 5) is 24.2. The number of thiophene rings is 1. The molecule has 0 aromatic carbocycles. The van der Waals surface area contributed by atoms with Gasteiger partial charge in [0.05, 0.1) is 15.4 Å². The first kappa shape index (κ1) is 14.7. The van der Waals surface area contributed by atoms with Crippen LogP contribution in [0.3, 0.4) is 0 Å². The second-order valence-electron chi connectivity index (χ2n) is 4.52. The Hall–Kier alpha value is -1.36. The smallest absolute Gasteiger partial charge is 0.254 e. The van der Waals surface area contributed by atoms with Gasteiger partial charge in [-0.3, -0.25) is 9.59 Å². The summed E-state index contributed by atoms with van der Waals surface area (Å²) in [6, 6.07) is 1.60. The summed E-state index contributed by atoms with van der Waals surface area (Å²) < 4.78 is 0. The zero-order chi connectivity index (χ0) is 13.7. The van der Waals surface area contributed by atoms with Crippen LogP contribution in [0.5, 0.6) is 0 Å². The summed E-state index contributed by atoms with van der Waals surface area (Å²) in [6.07, 6.45) is 1.96. The number of carbonyl (C=O) groups excluding carboxylic acids is 2. The second kappa shape index (κ2) is 6.54. The summed E-state index contributed by atoms with van der Waals surface area (Å²) in [7, 11) is 0. The molecule has 0 saturated carbocycles. The van der Waals surface area contributed by atoms with Crippen LogP contribution in [0.25, 0.3) is 0 Å². The van der Waals surface area contributed by atoms with Gasteiger partial charge in [-0.15, -0.1) is 11.3 Å². The Morgan fingerprint density at radius 3 is 2.67 bits per heavy atom. The van der Waals surface area contributed by atoms with Gasteiger partial charge in [-0.2, -0.15) is 0 Å². The van der Waals surface area contributed by atoms with Crippen LogP contribution in [0.1, 0.15) is 53.6 Å². The van der Waals surface area contributed by atoms with E-state index in [2.05, 4.69) is 12.2 Å². The van der Waals surface area contributed by atoms with Crippen LogP contribution < -0.4 is 11.1 Å². The van der Waals surface area contributed by atoms with Crippen LogP contribution in [0.4, 0.5) is 5.00 Å². The van der Waals surface area contributed by atoms with Crippen molar-refractivity contribution in [1.29, 1.82) is 0 Å². The molecule has 0 atom stereocenters. The highest BCUT2D eigenvalue weighted by atomic mass is 32.1. The number of rotatable bonds is 6. The van der Waals surface area contributed by atoms with Crippen molar-refractivity contribution in [2.45, 2.75) is 33.6 Å². The molecule has 0 aliphatic heterocycles. The highest BCUT2D eigenvalue weighted by Crippen LogP contribution is 2.27. The number of hydrogen-bond donors (Lipinski definition) is 2. The summed E-state index contributed by atoms with van der Waals surface area (Å²) in [5, 5.41) is 3.21. The molecule has 0 unspecified atom stereocenters. The maximum atomic E-state index is 11.9. The van der Waals surface area contributed by atoms with E-state index in [1.807, 2.05) is 13.8 Å². The van der Waals surface area contributed by atoms with E-state index < -0.39 is 0 Å². The maximum absolute atomic E-state index is 11.9. The number of Topliss-reactive ketones (excluding diaryl/α,β-unsaturated/α-hetero) is 1. The molecule has 1 amide bonds. The SMILES string of the molecule is CCCCNC(=O)c1cc(C(=O)C(C)C)sc1N. The Balaban J connectivity index is 2.78. The van der Waals surface area contributed by atoms with Gasteiger partial charge in [0.25, 0.3) is 5.91 Å². The quantitative estimate of drug-likeness (QED) is 0.615. The lowest BCUT2D eigenvalue weighted by atomic mass is 10.1. The van der Waals surface area contributed by atoms with Crippen molar-refractivity contribution in [3.63, 3.8) is 0 Å². The van der Waals surface area contributed by atoms with E-state index in [0.29, 0.717) is 22.0 Å². The van der Waals surface area contributed by atoms with E-state index in [1.165, 1.54) is 11.3 Å². The van der Waals surface area contributed by atoms with Crippen LogP contribution in [0.15, 0.2) is 6.07 Å². The van der Waals surface area contributed by atoms with Crippen molar-refractivity contribution in [2.75, 3.05) is 12.3 Å². The van der Waals surface area contributed by atoms with Crippen molar-refractivity contribution in [1.82, 2.24) is 5.32 Å². The van der Waals surface area contributed by atoms with Crippen LogP contribution in [-0.2, 0) is 0 Å². The third-order valence-corrected chi connectivity index (χ3v) is 3.57. The molecule has 0 aliphatic carbocycles. The van der Waals surface area contributed by atoms with Gasteiger partial charge in [0.2, 0.25) is 0 Å². The predicted molar refractivity (Wildman–Crippen MR) is 75.1 cm³/mol. The standard InChI is InChI=1S/C13H20N2O2S/c1-4-5-6-15-13(17)9-7-10(18-12(9)14)11(16)8(2)3/h7-8H,4-6,14H2,1-3H3,(H,15,17). The van der Waals surface area contributed by atoms with Gasteiger partial charge in [-0.05, 0) is 12.5 Å². The van der Waals surface area contributed by atoms with Gasteiger partial charge in [0.15, 0.2) is 5.78 Å². The Labute approximate surface area is 112 Å². The topological polar surface area (TPSA) is 72.2 Å². The van der Waals surface area contributed by atoms with Crippen LogP contribution in [0, 0.1) is 5.92 Å². The van der Waals surface area contributed by atoms with Crippen molar-refractivity contribution in [3.8, 4) is 0 Å². The van der Waals surface area contributed by atoms with Crippen molar-refractivity contribution >= 4 is 28.0 Å². The van der Waals surface area contributed by atoms with E-state index in [1.54, 1.807) is 6.07 Å². The van der Waals surface area contributed by atoms with Crippen molar-refractivity contribution in [2.24, 2.45) is 5.92 Å². The van der Waals surface area contributed by atoms with E-state index in [4.69, 9.17) is 5.73 Å². The Kier molecular flexibility index (Phi) is 5.34. The van der Waals surface area contributed by atoms with Gasteiger partial charge in [0, 0.05) is 12.5 Å². The zero-order valence-corrected chi connectivity index (χ0v) is 11.9. The van der Waals surface area contributed by atoms with Crippen molar-refractivity contribution < 1.29 is 9.59 Å². The molecule has 18 heavy (non-hydrogen) atoms. The lowest BCUT2D eigenvalue weighted by Crippen LogP contribution is -2.24. The molecule has 0 bridgehead atoms. The first-order chi connectivity index (χ1) is 8.47. The second-order valence-corrected chi connectivity index (χ2v) is 5.60. The molecule has 4 nitrogen and oxygen atoms in total. The fraction of sp³-hybridized carbons (Fsp3) is 0.538. The molecule has 1 aromatic heterocycles. The Morgan fingerprint density at radius 1 is 1.44 bits per heavy atom. The zero-order valence-electron chi connectivity index (χ0n) is 11.1. The number of hydrogen-bond acceptors (Lipinski definition) is 4. The van der Waals surface area contributed by atoms with Crippen LogP contribution in [0.2, 0.25) is 0 Å². The molecular weight excluding hydrogens is 248 g/mol. The van der Waals surface area contributed by atoms with Crippen molar-refractivity contribution in [3.05, 3.63) is 16.5 Å². The predicted octanol–water partition coefficient (Wildman–Crippen LogP) is 2.70. The number of amides is 1. The molecule has 3 N–H and O–H groups in total. The average Bonchev–Trinajstić information content (AvgIpc) is 2.70. The Morgan fingerprint density at radius 2 is 2.11 bits per heavy atom. The minimum atomic E-state index is -0.194. The Bertz CT molecular complexity index is 438. The number of unbranched alkanes of at least 4 members (excludes halogenated alkanes) is 1. The molecule has 0 fully saturated rings. The number of anilines is 1. The number of carbonyl (C=O) groups is 2. The third-order valence-electron chi connectivity index (χ3n) is 2.59. The normalized spacial score (nSPS) is 10.7. The number of nitrogen functional groups attached to an aromatic ring is 1. The van der Waals surface area contributed by atoms with E-state index >= 15 is 0 Å². The summed E-state index contributed by atoms with van der Waals surface area (Å²) in [6.45, 7) is 6.36. The molecule has 5 heteroatoms. The summed E-state index contributed by atoms with van der Waals surface area (Å²) in [5.41, 5.74) is 6.21. The molecule has 1 heterocycles. The number of nitrogens with one attached hydrogen (secondary N) is 1. The summed E-state index contributed by atoms with van der Waals surface area (Å²) >= 11 is 1.19. The fourth-order valence-electron chi connectivity index (χ4n) is 1.46. The van der Waals surface area contributed by atoms with Gasteiger partial charge in [-0.25, -0.2) is 0 Å². The maximum Gasteiger partial charge on any atom is 0.254 e. The highest BCUT2D eigenvalue weighted by Gasteiger charge is 2.19. The van der Waals surface area contributed by atoms with Crippen LogP contribution >= 0.6 is 11.3 Å². The molecule has 0 radical (unpaired) electrons. The highest BCUT2D eigenvalue weighted by molar-refractivity contribution is 7.18. The van der Waals surface area contributed by atoms with Gasteiger partial charge < -0.3 is 11.1 Å². The third kappa shape index (κ3) is 3.57. The first-order valence-electron chi connectivity index (χ1n) is 6.19. The number of ketones is 1. The van der Waals surface area contributed by atoms with E-state index in [9.17, 15) is 9.59 Å². The van der Waals surface area contributed by atoms with E-state index in [-0.39, 0.29) is 17.6 Å². The molecule has 0 saturated heterocycles. The minimum Gasteiger partial charge on any atom is -0.390 e. The summed E-state index contributed by atoms with van der Waals surface area (Å²) in [5.74, 6) is -0.252. The largest absolute Gasteiger partial charge is 0.390 e. The van der Waals surface area contributed by atoms with Crippen LogP contribution in [-0.4, -0.2) is 18.2 Å². The number of nitrogens with two attached hydrogens (primary N) is 1. The monoisotopic (exact) mass is 268 g/mol.